The summed E-state index contributed by atoms with van der Waals surface area (Å²) < 4.78 is 0. The largest absolute Gasteiger partial charge is 0.366 e. The molecule has 0 amide bonds. The first-order valence-corrected chi connectivity index (χ1v) is 5.75. The Kier molecular flexibility index (Phi) is 4.62. The topological polar surface area (TPSA) is 37.8 Å². The second-order valence-electron chi connectivity index (χ2n) is 3.28. The monoisotopic (exact) mass is 277 g/mol. The van der Waals surface area contributed by atoms with Crippen molar-refractivity contribution in [1.29, 1.82) is 0 Å². The fraction of sp³-hybridized carbons (Fsp3) is 0.556. The van der Waals surface area contributed by atoms with E-state index < -0.39 is 0 Å². The van der Waals surface area contributed by atoms with Crippen molar-refractivity contribution in [3.05, 3.63) is 17.5 Å². The molecule has 78 valence electrons. The maximum absolute atomic E-state index is 5.91. The van der Waals surface area contributed by atoms with E-state index in [1.807, 2.05) is 0 Å². The Hall–Kier alpha value is -0.350. The molecule has 0 aliphatic rings. The molecule has 0 spiro atoms. The van der Waals surface area contributed by atoms with Gasteiger partial charge in [0.05, 0.1) is 6.20 Å². The Morgan fingerprint density at radius 2 is 2.29 bits per heavy atom. The van der Waals surface area contributed by atoms with Crippen molar-refractivity contribution in [1.82, 2.24) is 9.97 Å². The predicted octanol–water partition coefficient (Wildman–Crippen LogP) is 3.10. The normalized spacial score (nSPS) is 14.9. The summed E-state index contributed by atoms with van der Waals surface area (Å²) in [7, 11) is 0. The summed E-state index contributed by atoms with van der Waals surface area (Å²) in [6, 6.07) is 0.330. The van der Waals surface area contributed by atoms with Crippen LogP contribution in [-0.2, 0) is 0 Å². The molecular formula is C9H13BrClN3. The standard InChI is InChI=1S/C9H13BrClN3/c1-6(10)3-7(2)14-9-8(11)4-12-5-13-9/h4-7H,3H2,1-2H3,(H,12,13,14). The van der Waals surface area contributed by atoms with E-state index in [-0.39, 0.29) is 0 Å². The van der Waals surface area contributed by atoms with E-state index in [2.05, 4.69) is 45.1 Å². The van der Waals surface area contributed by atoms with Crippen molar-refractivity contribution < 1.29 is 0 Å². The molecule has 1 aromatic rings. The fourth-order valence-corrected chi connectivity index (χ4v) is 1.92. The van der Waals surface area contributed by atoms with Gasteiger partial charge in [-0.15, -0.1) is 0 Å². The summed E-state index contributed by atoms with van der Waals surface area (Å²) in [6.45, 7) is 4.20. The maximum Gasteiger partial charge on any atom is 0.148 e. The predicted molar refractivity (Wildman–Crippen MR) is 63.1 cm³/mol. The molecule has 0 aromatic carbocycles. The molecule has 0 saturated carbocycles. The molecule has 0 bridgehead atoms. The van der Waals surface area contributed by atoms with Gasteiger partial charge < -0.3 is 5.32 Å². The molecule has 1 heterocycles. The molecule has 0 saturated heterocycles. The van der Waals surface area contributed by atoms with E-state index in [1.54, 1.807) is 6.20 Å². The summed E-state index contributed by atoms with van der Waals surface area (Å²) in [5.41, 5.74) is 0. The molecule has 1 rings (SSSR count). The number of hydrogen-bond donors (Lipinski definition) is 1. The lowest BCUT2D eigenvalue weighted by Crippen LogP contribution is -2.19. The summed E-state index contributed by atoms with van der Waals surface area (Å²) in [5, 5.41) is 3.79. The highest BCUT2D eigenvalue weighted by Crippen LogP contribution is 2.18. The summed E-state index contributed by atoms with van der Waals surface area (Å²) in [4.78, 5) is 8.35. The summed E-state index contributed by atoms with van der Waals surface area (Å²) in [6.07, 6.45) is 4.08. The van der Waals surface area contributed by atoms with Crippen molar-refractivity contribution >= 4 is 33.3 Å². The van der Waals surface area contributed by atoms with Crippen LogP contribution in [0.5, 0.6) is 0 Å². The zero-order valence-electron chi connectivity index (χ0n) is 8.17. The van der Waals surface area contributed by atoms with Gasteiger partial charge in [0.15, 0.2) is 0 Å². The summed E-state index contributed by atoms with van der Waals surface area (Å²) in [5.74, 6) is 0.697. The Labute approximate surface area is 97.4 Å². The van der Waals surface area contributed by atoms with Crippen LogP contribution in [0, 0.1) is 0 Å². The van der Waals surface area contributed by atoms with Crippen LogP contribution in [0.1, 0.15) is 20.3 Å². The van der Waals surface area contributed by atoms with Crippen molar-refractivity contribution in [3.8, 4) is 0 Å². The minimum atomic E-state index is 0.330. The molecule has 0 fully saturated rings. The van der Waals surface area contributed by atoms with Gasteiger partial charge in [0, 0.05) is 10.9 Å². The molecule has 14 heavy (non-hydrogen) atoms. The molecule has 2 atom stereocenters. The Morgan fingerprint density at radius 1 is 1.57 bits per heavy atom. The number of nitrogens with one attached hydrogen (secondary N) is 1. The van der Waals surface area contributed by atoms with Crippen molar-refractivity contribution in [3.63, 3.8) is 0 Å². The van der Waals surface area contributed by atoms with E-state index in [1.165, 1.54) is 6.33 Å². The zero-order valence-corrected chi connectivity index (χ0v) is 10.5. The van der Waals surface area contributed by atoms with Crippen LogP contribution in [0.2, 0.25) is 5.02 Å². The van der Waals surface area contributed by atoms with E-state index in [0.717, 1.165) is 6.42 Å². The van der Waals surface area contributed by atoms with E-state index in [0.29, 0.717) is 21.7 Å². The van der Waals surface area contributed by atoms with Gasteiger partial charge in [-0.25, -0.2) is 9.97 Å². The van der Waals surface area contributed by atoms with E-state index in [9.17, 15) is 0 Å². The number of hydrogen-bond acceptors (Lipinski definition) is 3. The first-order chi connectivity index (χ1) is 6.59. The van der Waals surface area contributed by atoms with Crippen LogP contribution < -0.4 is 5.32 Å². The lowest BCUT2D eigenvalue weighted by molar-refractivity contribution is 0.704. The number of anilines is 1. The highest BCUT2D eigenvalue weighted by Gasteiger charge is 2.08. The smallest absolute Gasteiger partial charge is 0.148 e. The highest BCUT2D eigenvalue weighted by atomic mass is 79.9. The van der Waals surface area contributed by atoms with Gasteiger partial charge in [-0.1, -0.05) is 34.5 Å². The molecule has 0 radical (unpaired) electrons. The first kappa shape index (κ1) is 11.7. The molecule has 0 aliphatic heterocycles. The minimum absolute atomic E-state index is 0.330. The SMILES string of the molecule is CC(Br)CC(C)Nc1ncncc1Cl. The third-order valence-electron chi connectivity index (χ3n) is 1.73. The molecule has 0 aliphatic carbocycles. The van der Waals surface area contributed by atoms with Gasteiger partial charge >= 0.3 is 0 Å². The average molecular weight is 279 g/mol. The van der Waals surface area contributed by atoms with Crippen molar-refractivity contribution in [2.45, 2.75) is 31.1 Å². The quantitative estimate of drug-likeness (QED) is 0.860. The number of alkyl halides is 1. The number of halogens is 2. The third kappa shape index (κ3) is 3.80. The second kappa shape index (κ2) is 5.51. The van der Waals surface area contributed by atoms with Crippen LogP contribution in [0.25, 0.3) is 0 Å². The van der Waals surface area contributed by atoms with Crippen molar-refractivity contribution in [2.75, 3.05) is 5.32 Å². The van der Waals surface area contributed by atoms with E-state index in [4.69, 9.17) is 11.6 Å². The van der Waals surface area contributed by atoms with Gasteiger partial charge in [0.1, 0.15) is 17.2 Å². The Morgan fingerprint density at radius 3 is 2.86 bits per heavy atom. The number of aromatic nitrogens is 2. The van der Waals surface area contributed by atoms with Crippen LogP contribution >= 0.6 is 27.5 Å². The van der Waals surface area contributed by atoms with Crippen molar-refractivity contribution in [2.24, 2.45) is 0 Å². The van der Waals surface area contributed by atoms with Gasteiger partial charge in [-0.2, -0.15) is 0 Å². The summed E-state index contributed by atoms with van der Waals surface area (Å²) >= 11 is 9.41. The van der Waals surface area contributed by atoms with Gasteiger partial charge in [0.2, 0.25) is 0 Å². The highest BCUT2D eigenvalue weighted by molar-refractivity contribution is 9.09. The van der Waals surface area contributed by atoms with Gasteiger partial charge in [-0.3, -0.25) is 0 Å². The molecule has 3 nitrogen and oxygen atoms in total. The average Bonchev–Trinajstić information content (AvgIpc) is 2.07. The zero-order chi connectivity index (χ0) is 10.6. The van der Waals surface area contributed by atoms with E-state index >= 15 is 0 Å². The van der Waals surface area contributed by atoms with Crippen LogP contribution in [-0.4, -0.2) is 20.8 Å². The first-order valence-electron chi connectivity index (χ1n) is 4.45. The minimum Gasteiger partial charge on any atom is -0.366 e. The van der Waals surface area contributed by atoms with Gasteiger partial charge in [-0.05, 0) is 13.3 Å². The van der Waals surface area contributed by atoms with Crippen LogP contribution in [0.4, 0.5) is 5.82 Å². The maximum atomic E-state index is 5.91. The molecular weight excluding hydrogens is 265 g/mol. The Bertz CT molecular complexity index is 293. The van der Waals surface area contributed by atoms with Crippen LogP contribution in [0.15, 0.2) is 12.5 Å². The van der Waals surface area contributed by atoms with Gasteiger partial charge in [0.25, 0.3) is 0 Å². The molecule has 2 unspecified atom stereocenters. The number of nitrogens with zero attached hydrogens (tertiary/aromatic N) is 2. The lowest BCUT2D eigenvalue weighted by atomic mass is 10.2. The number of rotatable bonds is 4. The molecule has 5 heteroatoms. The fourth-order valence-electron chi connectivity index (χ4n) is 1.20. The molecule has 1 aromatic heterocycles. The lowest BCUT2D eigenvalue weighted by Gasteiger charge is -2.16. The molecule has 1 N–H and O–H groups in total. The third-order valence-corrected chi connectivity index (χ3v) is 2.38. The second-order valence-corrected chi connectivity index (χ2v) is 5.25. The Balaban J connectivity index is 2.56. The van der Waals surface area contributed by atoms with Crippen LogP contribution in [0.3, 0.4) is 0 Å².